The molecule has 0 aromatic heterocycles. The maximum Gasteiger partial charge on any atom is 0.229 e. The fraction of sp³-hybridized carbons (Fsp3) is 0.517. The van der Waals surface area contributed by atoms with Gasteiger partial charge in [-0.3, -0.25) is 14.5 Å². The first-order valence-electron chi connectivity index (χ1n) is 12.9. The number of nitrogens with zero attached hydrogens (tertiary/aromatic N) is 2. The van der Waals surface area contributed by atoms with Crippen molar-refractivity contribution in [2.75, 3.05) is 26.2 Å². The maximum atomic E-state index is 12.7. The van der Waals surface area contributed by atoms with E-state index in [1.807, 2.05) is 12.1 Å². The van der Waals surface area contributed by atoms with Crippen molar-refractivity contribution in [1.82, 2.24) is 9.80 Å². The normalized spacial score (nSPS) is 21.0. The largest absolute Gasteiger partial charge is 0.365 e. The van der Waals surface area contributed by atoms with Crippen molar-refractivity contribution in [3.05, 3.63) is 71.8 Å². The first kappa shape index (κ1) is 25.9. The summed E-state index contributed by atoms with van der Waals surface area (Å²) in [4.78, 5) is 29.4. The smallest absolute Gasteiger partial charge is 0.229 e. The van der Waals surface area contributed by atoms with Crippen LogP contribution in [-0.4, -0.2) is 53.9 Å². The van der Waals surface area contributed by atoms with E-state index in [9.17, 15) is 9.59 Å². The van der Waals surface area contributed by atoms with Crippen molar-refractivity contribution in [2.45, 2.75) is 63.6 Å². The van der Waals surface area contributed by atoms with E-state index in [2.05, 4.69) is 53.4 Å². The lowest BCUT2D eigenvalue weighted by Crippen LogP contribution is -2.50. The molecule has 2 aromatic rings. The van der Waals surface area contributed by atoms with Crippen LogP contribution in [0.25, 0.3) is 0 Å². The lowest BCUT2D eigenvalue weighted by Gasteiger charge is -2.39. The lowest BCUT2D eigenvalue weighted by molar-refractivity contribution is -0.153. The van der Waals surface area contributed by atoms with E-state index in [0.29, 0.717) is 19.4 Å². The molecule has 2 aliphatic heterocycles. The van der Waals surface area contributed by atoms with Gasteiger partial charge in [-0.2, -0.15) is 0 Å². The molecule has 2 amide bonds. The number of amides is 2. The van der Waals surface area contributed by atoms with Crippen LogP contribution in [0.1, 0.15) is 68.6 Å². The van der Waals surface area contributed by atoms with Gasteiger partial charge in [-0.15, -0.1) is 12.4 Å². The SMILES string of the molecule is Cl.O=C1CC2(CCCC2)CC(=O)N1CCN1CCC(OC(c2ccccc2)c2ccccc2)CC1. The molecule has 5 rings (SSSR count). The van der Waals surface area contributed by atoms with E-state index in [1.54, 1.807) is 0 Å². The predicted octanol–water partition coefficient (Wildman–Crippen LogP) is 5.39. The fourth-order valence-corrected chi connectivity index (χ4v) is 6.07. The van der Waals surface area contributed by atoms with E-state index >= 15 is 0 Å². The number of piperidine rings is 2. The Kier molecular flexibility index (Phi) is 8.64. The molecule has 6 heteroatoms. The molecule has 0 radical (unpaired) electrons. The van der Waals surface area contributed by atoms with Crippen molar-refractivity contribution < 1.29 is 14.3 Å². The van der Waals surface area contributed by atoms with Gasteiger partial charge in [0.25, 0.3) is 0 Å². The third-order valence-corrected chi connectivity index (χ3v) is 8.03. The molecule has 1 aliphatic carbocycles. The second kappa shape index (κ2) is 11.7. The number of imide groups is 1. The van der Waals surface area contributed by atoms with Crippen LogP contribution in [0.2, 0.25) is 0 Å². The Hall–Kier alpha value is -2.21. The molecule has 1 saturated carbocycles. The van der Waals surface area contributed by atoms with Gasteiger partial charge in [-0.05, 0) is 42.2 Å². The summed E-state index contributed by atoms with van der Waals surface area (Å²) in [6.45, 7) is 3.15. The third kappa shape index (κ3) is 6.14. The maximum absolute atomic E-state index is 12.7. The first-order chi connectivity index (χ1) is 16.6. The van der Waals surface area contributed by atoms with E-state index in [1.165, 1.54) is 16.0 Å². The number of rotatable bonds is 7. The summed E-state index contributed by atoms with van der Waals surface area (Å²) in [5.41, 5.74) is 2.34. The summed E-state index contributed by atoms with van der Waals surface area (Å²) >= 11 is 0. The van der Waals surface area contributed by atoms with Gasteiger partial charge in [-0.1, -0.05) is 73.5 Å². The van der Waals surface area contributed by atoms with Crippen LogP contribution >= 0.6 is 12.4 Å². The van der Waals surface area contributed by atoms with Crippen molar-refractivity contribution in [3.63, 3.8) is 0 Å². The predicted molar refractivity (Wildman–Crippen MR) is 139 cm³/mol. The van der Waals surface area contributed by atoms with Crippen LogP contribution in [0.3, 0.4) is 0 Å². The number of hydrogen-bond donors (Lipinski definition) is 0. The number of benzene rings is 2. The molecule has 2 saturated heterocycles. The standard InChI is InChI=1S/C29H36N2O3.ClH/c32-26-21-29(15-7-8-16-29)22-27(33)31(26)20-19-30-17-13-25(14-18-30)34-28(23-9-3-1-4-10-23)24-11-5-2-6-12-24;/h1-6,9-12,25,28H,7-8,13-22H2;1H. The van der Waals surface area contributed by atoms with Crippen LogP contribution in [0.15, 0.2) is 60.7 Å². The van der Waals surface area contributed by atoms with Crippen LogP contribution in [0.4, 0.5) is 0 Å². The Bertz CT molecular complexity index is 910. The Balaban J connectivity index is 0.00000289. The molecule has 2 aromatic carbocycles. The molecular weight excluding hydrogens is 460 g/mol. The molecule has 3 fully saturated rings. The highest BCUT2D eigenvalue weighted by atomic mass is 35.5. The molecule has 0 unspecified atom stereocenters. The Morgan fingerprint density at radius 1 is 0.800 bits per heavy atom. The van der Waals surface area contributed by atoms with Gasteiger partial charge < -0.3 is 9.64 Å². The van der Waals surface area contributed by atoms with Crippen LogP contribution < -0.4 is 0 Å². The average Bonchev–Trinajstić information content (AvgIpc) is 3.31. The molecule has 5 nitrogen and oxygen atoms in total. The average molecular weight is 497 g/mol. The minimum absolute atomic E-state index is 0. The van der Waals surface area contributed by atoms with E-state index in [-0.39, 0.29) is 41.8 Å². The van der Waals surface area contributed by atoms with E-state index in [4.69, 9.17) is 4.74 Å². The first-order valence-corrected chi connectivity index (χ1v) is 12.9. The molecular formula is C29H37ClN2O3. The third-order valence-electron chi connectivity index (χ3n) is 8.03. The van der Waals surface area contributed by atoms with E-state index in [0.717, 1.165) is 58.2 Å². The number of likely N-dealkylation sites (tertiary alicyclic amines) is 2. The number of carbonyl (C=O) groups excluding carboxylic acids is 2. The zero-order chi connectivity index (χ0) is 23.4. The molecule has 0 N–H and O–H groups in total. The quantitative estimate of drug-likeness (QED) is 0.482. The van der Waals surface area contributed by atoms with Gasteiger partial charge in [-0.25, -0.2) is 0 Å². The highest BCUT2D eigenvalue weighted by Gasteiger charge is 2.45. The fourth-order valence-electron chi connectivity index (χ4n) is 6.07. The van der Waals surface area contributed by atoms with Crippen LogP contribution in [-0.2, 0) is 14.3 Å². The minimum atomic E-state index is -0.0644. The van der Waals surface area contributed by atoms with Crippen molar-refractivity contribution in [3.8, 4) is 0 Å². The topological polar surface area (TPSA) is 49.9 Å². The van der Waals surface area contributed by atoms with E-state index < -0.39 is 0 Å². The molecule has 3 aliphatic rings. The van der Waals surface area contributed by atoms with Crippen molar-refractivity contribution in [2.24, 2.45) is 5.41 Å². The van der Waals surface area contributed by atoms with Crippen molar-refractivity contribution in [1.29, 1.82) is 0 Å². The number of halogens is 1. The van der Waals surface area contributed by atoms with Gasteiger partial charge >= 0.3 is 0 Å². The van der Waals surface area contributed by atoms with Crippen LogP contribution in [0.5, 0.6) is 0 Å². The van der Waals surface area contributed by atoms with Gasteiger partial charge in [0, 0.05) is 39.0 Å². The Morgan fingerprint density at radius 3 is 1.83 bits per heavy atom. The number of ether oxygens (including phenoxy) is 1. The zero-order valence-corrected chi connectivity index (χ0v) is 21.3. The molecule has 2 heterocycles. The second-order valence-corrected chi connectivity index (χ2v) is 10.4. The molecule has 0 bridgehead atoms. The monoisotopic (exact) mass is 496 g/mol. The highest BCUT2D eigenvalue weighted by Crippen LogP contribution is 2.46. The van der Waals surface area contributed by atoms with Crippen molar-refractivity contribution >= 4 is 24.2 Å². The molecule has 35 heavy (non-hydrogen) atoms. The molecule has 0 atom stereocenters. The number of carbonyl (C=O) groups is 2. The zero-order valence-electron chi connectivity index (χ0n) is 20.4. The second-order valence-electron chi connectivity index (χ2n) is 10.4. The van der Waals surface area contributed by atoms with Gasteiger partial charge in [0.15, 0.2) is 0 Å². The summed E-state index contributed by atoms with van der Waals surface area (Å²) in [6.07, 6.45) is 7.58. The summed E-state index contributed by atoms with van der Waals surface area (Å²) < 4.78 is 6.65. The minimum Gasteiger partial charge on any atom is -0.365 e. The van der Waals surface area contributed by atoms with Crippen LogP contribution in [0, 0.1) is 5.41 Å². The Labute approximate surface area is 215 Å². The molecule has 188 valence electrons. The summed E-state index contributed by atoms with van der Waals surface area (Å²) in [5, 5.41) is 0. The van der Waals surface area contributed by atoms with Gasteiger partial charge in [0.2, 0.25) is 11.8 Å². The molecule has 1 spiro atoms. The Morgan fingerprint density at radius 2 is 1.31 bits per heavy atom. The summed E-state index contributed by atoms with van der Waals surface area (Å²) in [5.74, 6) is 0.0925. The summed E-state index contributed by atoms with van der Waals surface area (Å²) in [7, 11) is 0. The number of hydrogen-bond acceptors (Lipinski definition) is 4. The van der Waals surface area contributed by atoms with Gasteiger partial charge in [0.05, 0.1) is 6.10 Å². The van der Waals surface area contributed by atoms with Gasteiger partial charge in [0.1, 0.15) is 6.10 Å². The highest BCUT2D eigenvalue weighted by molar-refractivity contribution is 5.98. The summed E-state index contributed by atoms with van der Waals surface area (Å²) in [6, 6.07) is 20.9. The lowest BCUT2D eigenvalue weighted by atomic mass is 9.76.